The van der Waals surface area contributed by atoms with Crippen LogP contribution in [0.15, 0.2) is 48.5 Å². The van der Waals surface area contributed by atoms with Crippen molar-refractivity contribution in [2.24, 2.45) is 5.92 Å². The molecular weight excluding hydrogens is 405 g/mol. The number of likely N-dealkylation sites (tertiary alicyclic amines) is 1. The molecule has 0 saturated carbocycles. The Balaban J connectivity index is 1.62. The van der Waals surface area contributed by atoms with E-state index in [2.05, 4.69) is 5.32 Å². The predicted octanol–water partition coefficient (Wildman–Crippen LogP) is 4.53. The van der Waals surface area contributed by atoms with E-state index in [1.165, 1.54) is 17.0 Å². The van der Waals surface area contributed by atoms with Gasteiger partial charge in [0.15, 0.2) is 0 Å². The van der Waals surface area contributed by atoms with Gasteiger partial charge in [0.05, 0.1) is 11.5 Å². The number of halogens is 4. The smallest absolute Gasteiger partial charge is 0.352 e. The Hall–Kier alpha value is -2.54. The van der Waals surface area contributed by atoms with Gasteiger partial charge in [0.2, 0.25) is 5.91 Å². The number of piperidine rings is 1. The second-order valence-electron chi connectivity index (χ2n) is 7.02. The molecule has 0 aromatic heterocycles. The molecule has 0 bridgehead atoms. The van der Waals surface area contributed by atoms with E-state index in [1.54, 1.807) is 18.2 Å². The van der Waals surface area contributed by atoms with Crippen LogP contribution in [0, 0.1) is 5.92 Å². The Kier molecular flexibility index (Phi) is 6.47. The van der Waals surface area contributed by atoms with Gasteiger partial charge < -0.3 is 10.2 Å². The number of nitrogens with zero attached hydrogens (tertiary/aromatic N) is 1. The van der Waals surface area contributed by atoms with Crippen LogP contribution in [0.3, 0.4) is 0 Å². The minimum Gasteiger partial charge on any atom is -0.352 e. The van der Waals surface area contributed by atoms with Crippen molar-refractivity contribution in [1.29, 1.82) is 0 Å². The van der Waals surface area contributed by atoms with E-state index in [9.17, 15) is 22.8 Å². The normalized spacial score (nSPS) is 17.1. The van der Waals surface area contributed by atoms with Gasteiger partial charge in [-0.25, -0.2) is 0 Å². The molecule has 29 heavy (non-hydrogen) atoms. The van der Waals surface area contributed by atoms with Crippen molar-refractivity contribution in [3.8, 4) is 0 Å². The first kappa shape index (κ1) is 21.2. The van der Waals surface area contributed by atoms with Crippen molar-refractivity contribution in [2.75, 3.05) is 13.1 Å². The van der Waals surface area contributed by atoms with Gasteiger partial charge in [-0.05, 0) is 48.7 Å². The summed E-state index contributed by atoms with van der Waals surface area (Å²) in [4.78, 5) is 26.6. The molecule has 3 rings (SSSR count). The standard InChI is InChI=1S/C21H20ClF3N2O2/c22-18-8-1-4-14(10-18)12-26-19(28)16-6-3-9-27(13-16)20(29)15-5-2-7-17(11-15)21(23,24)25/h1-2,4-5,7-8,10-11,16H,3,6,9,12-13H2,(H,26,28)/t16-/m0/s1. The molecule has 0 radical (unpaired) electrons. The largest absolute Gasteiger partial charge is 0.416 e. The summed E-state index contributed by atoms with van der Waals surface area (Å²) < 4.78 is 38.7. The average Bonchev–Trinajstić information content (AvgIpc) is 2.71. The maximum Gasteiger partial charge on any atom is 0.416 e. The van der Waals surface area contributed by atoms with Gasteiger partial charge in [-0.1, -0.05) is 29.8 Å². The van der Waals surface area contributed by atoms with Crippen LogP contribution in [0.1, 0.15) is 34.3 Å². The van der Waals surface area contributed by atoms with Crippen molar-refractivity contribution >= 4 is 23.4 Å². The molecule has 0 unspecified atom stereocenters. The predicted molar refractivity (Wildman–Crippen MR) is 103 cm³/mol. The van der Waals surface area contributed by atoms with Gasteiger partial charge in [0, 0.05) is 30.2 Å². The summed E-state index contributed by atoms with van der Waals surface area (Å²) in [7, 11) is 0. The Bertz CT molecular complexity index is 901. The second kappa shape index (κ2) is 8.86. The van der Waals surface area contributed by atoms with E-state index in [1.807, 2.05) is 6.07 Å². The van der Waals surface area contributed by atoms with Crippen molar-refractivity contribution < 1.29 is 22.8 Å². The molecule has 1 atom stereocenters. The molecule has 1 aliphatic rings. The molecule has 0 aliphatic carbocycles. The van der Waals surface area contributed by atoms with Crippen LogP contribution in [0.4, 0.5) is 13.2 Å². The molecule has 2 aromatic carbocycles. The molecule has 8 heteroatoms. The summed E-state index contributed by atoms with van der Waals surface area (Å²) in [6.45, 7) is 0.904. The number of hydrogen-bond acceptors (Lipinski definition) is 2. The van der Waals surface area contributed by atoms with E-state index in [0.29, 0.717) is 31.0 Å². The highest BCUT2D eigenvalue weighted by atomic mass is 35.5. The van der Waals surface area contributed by atoms with Crippen molar-refractivity contribution in [3.05, 3.63) is 70.2 Å². The summed E-state index contributed by atoms with van der Waals surface area (Å²) in [6, 6.07) is 11.5. The highest BCUT2D eigenvalue weighted by Gasteiger charge is 2.33. The van der Waals surface area contributed by atoms with Gasteiger partial charge in [-0.3, -0.25) is 9.59 Å². The van der Waals surface area contributed by atoms with Crippen LogP contribution in [0.25, 0.3) is 0 Å². The molecular formula is C21H20ClF3N2O2. The lowest BCUT2D eigenvalue weighted by molar-refractivity contribution is -0.137. The first-order valence-electron chi connectivity index (χ1n) is 9.23. The maximum absolute atomic E-state index is 12.9. The molecule has 2 amide bonds. The molecule has 1 heterocycles. The van der Waals surface area contributed by atoms with E-state index in [0.717, 1.165) is 17.7 Å². The third-order valence-corrected chi connectivity index (χ3v) is 5.11. The average molecular weight is 425 g/mol. The summed E-state index contributed by atoms with van der Waals surface area (Å²) in [6.07, 6.45) is -3.28. The molecule has 4 nitrogen and oxygen atoms in total. The lowest BCUT2D eigenvalue weighted by atomic mass is 9.96. The fraction of sp³-hybridized carbons (Fsp3) is 0.333. The minimum absolute atomic E-state index is 0.0280. The first-order chi connectivity index (χ1) is 13.7. The number of amides is 2. The van der Waals surface area contributed by atoms with Crippen LogP contribution in [0.5, 0.6) is 0 Å². The van der Waals surface area contributed by atoms with Gasteiger partial charge >= 0.3 is 6.18 Å². The summed E-state index contributed by atoms with van der Waals surface area (Å²) >= 11 is 5.93. The van der Waals surface area contributed by atoms with E-state index >= 15 is 0 Å². The van der Waals surface area contributed by atoms with Crippen LogP contribution >= 0.6 is 11.6 Å². The third-order valence-electron chi connectivity index (χ3n) is 4.87. The molecule has 1 N–H and O–H groups in total. The fourth-order valence-corrected chi connectivity index (χ4v) is 3.58. The summed E-state index contributed by atoms with van der Waals surface area (Å²) in [5.74, 6) is -1.09. The van der Waals surface area contributed by atoms with Gasteiger partial charge in [-0.2, -0.15) is 13.2 Å². The van der Waals surface area contributed by atoms with Gasteiger partial charge in [0.1, 0.15) is 0 Å². The Morgan fingerprint density at radius 1 is 1.14 bits per heavy atom. The van der Waals surface area contributed by atoms with Crippen LogP contribution in [-0.2, 0) is 17.5 Å². The third kappa shape index (κ3) is 5.50. The number of carbonyl (C=O) groups is 2. The Morgan fingerprint density at radius 2 is 1.90 bits per heavy atom. The van der Waals surface area contributed by atoms with E-state index in [4.69, 9.17) is 11.6 Å². The number of hydrogen-bond donors (Lipinski definition) is 1. The molecule has 1 aliphatic heterocycles. The number of alkyl halides is 3. The molecule has 1 fully saturated rings. The maximum atomic E-state index is 12.9. The highest BCUT2D eigenvalue weighted by Crippen LogP contribution is 2.30. The molecule has 1 saturated heterocycles. The first-order valence-corrected chi connectivity index (χ1v) is 9.60. The zero-order chi connectivity index (χ0) is 21.0. The van der Waals surface area contributed by atoms with Crippen molar-refractivity contribution in [3.63, 3.8) is 0 Å². The monoisotopic (exact) mass is 424 g/mol. The highest BCUT2D eigenvalue weighted by molar-refractivity contribution is 6.30. The van der Waals surface area contributed by atoms with Gasteiger partial charge in [-0.15, -0.1) is 0 Å². The lowest BCUT2D eigenvalue weighted by Crippen LogP contribution is -2.45. The summed E-state index contributed by atoms with van der Waals surface area (Å²) in [5, 5.41) is 3.42. The fourth-order valence-electron chi connectivity index (χ4n) is 3.37. The molecule has 154 valence electrons. The number of carbonyl (C=O) groups excluding carboxylic acids is 2. The quantitative estimate of drug-likeness (QED) is 0.784. The topological polar surface area (TPSA) is 49.4 Å². The van der Waals surface area contributed by atoms with Gasteiger partial charge in [0.25, 0.3) is 5.91 Å². The van der Waals surface area contributed by atoms with E-state index in [-0.39, 0.29) is 18.0 Å². The molecule has 0 spiro atoms. The second-order valence-corrected chi connectivity index (χ2v) is 7.45. The number of rotatable bonds is 4. The SMILES string of the molecule is O=C(NCc1cccc(Cl)c1)[C@H]1CCCN(C(=O)c2cccc(C(F)(F)F)c2)C1. The zero-order valence-electron chi connectivity index (χ0n) is 15.5. The van der Waals surface area contributed by atoms with Crippen molar-refractivity contribution in [2.45, 2.75) is 25.6 Å². The zero-order valence-corrected chi connectivity index (χ0v) is 16.3. The number of nitrogens with one attached hydrogen (secondary N) is 1. The number of benzene rings is 2. The van der Waals surface area contributed by atoms with E-state index < -0.39 is 23.6 Å². The molecule has 2 aromatic rings. The lowest BCUT2D eigenvalue weighted by Gasteiger charge is -2.32. The van der Waals surface area contributed by atoms with Crippen LogP contribution < -0.4 is 5.32 Å². The minimum atomic E-state index is -4.51. The Labute approximate surface area is 171 Å². The van der Waals surface area contributed by atoms with Crippen LogP contribution in [-0.4, -0.2) is 29.8 Å². The van der Waals surface area contributed by atoms with Crippen molar-refractivity contribution in [1.82, 2.24) is 10.2 Å². The Morgan fingerprint density at radius 3 is 2.62 bits per heavy atom. The van der Waals surface area contributed by atoms with Crippen LogP contribution in [0.2, 0.25) is 5.02 Å². The summed E-state index contributed by atoms with van der Waals surface area (Å²) in [5.41, 5.74) is -0.0328.